The topological polar surface area (TPSA) is 74.9 Å². The first kappa shape index (κ1) is 10.3. The van der Waals surface area contributed by atoms with E-state index in [1.165, 1.54) is 18.2 Å². The zero-order chi connectivity index (χ0) is 26.7. The molecule has 3 aromatic rings. The van der Waals surface area contributed by atoms with Crippen LogP contribution in [-0.4, -0.2) is 52.9 Å². The minimum atomic E-state index is -3.00. The number of amides is 2. The summed E-state index contributed by atoms with van der Waals surface area (Å²) in [6.45, 7) is -6.32. The van der Waals surface area contributed by atoms with Crippen LogP contribution in [0.4, 0.5) is 0 Å². The van der Waals surface area contributed by atoms with Crippen LogP contribution in [-0.2, 0) is 16.0 Å². The van der Waals surface area contributed by atoms with Crippen molar-refractivity contribution >= 4 is 22.7 Å². The molecule has 1 aromatic heterocycles. The number of rotatable bonds is 1. The van der Waals surface area contributed by atoms with Crippen LogP contribution >= 0.6 is 0 Å². The number of H-pyrrole nitrogens is 1. The summed E-state index contributed by atoms with van der Waals surface area (Å²) >= 11 is 0. The molecule has 4 heterocycles. The van der Waals surface area contributed by atoms with Crippen molar-refractivity contribution in [3.05, 3.63) is 59.3 Å². The standard InChI is InChI=1S/C22H19N3O4/c1-24-10-19(26)25-16(22(24)27)9-14-13-4-2-3-5-15(13)23-20(14)21(25)12-6-7-17-18(8-12)29-11-28-17/h2-8,16,21,23H,9-11H2,1H3/t16-,21-/m1/s1/i1D3,9D2,11D2,21D. The maximum absolute atomic E-state index is 13.6. The average Bonchev–Trinajstić information content (AvgIpc) is 3.34. The number of piperazine rings is 1. The van der Waals surface area contributed by atoms with Gasteiger partial charge in [0.15, 0.2) is 11.5 Å². The molecule has 1 fully saturated rings. The number of benzene rings is 2. The fourth-order valence-corrected chi connectivity index (χ4v) is 4.01. The van der Waals surface area contributed by atoms with Gasteiger partial charge in [-0.1, -0.05) is 24.3 Å². The van der Waals surface area contributed by atoms with Crippen LogP contribution in [0.3, 0.4) is 0 Å². The van der Waals surface area contributed by atoms with E-state index in [0.29, 0.717) is 15.8 Å². The van der Waals surface area contributed by atoms with Crippen molar-refractivity contribution in [3.63, 3.8) is 0 Å². The number of hydrogen-bond donors (Lipinski definition) is 1. The van der Waals surface area contributed by atoms with Crippen molar-refractivity contribution < 1.29 is 30.0 Å². The summed E-state index contributed by atoms with van der Waals surface area (Å²) in [5, 5.41) is 0.377. The summed E-state index contributed by atoms with van der Waals surface area (Å²) in [4.78, 5) is 31.3. The number of para-hydroxylation sites is 1. The average molecular weight is 397 g/mol. The summed E-state index contributed by atoms with van der Waals surface area (Å²) < 4.78 is 76.6. The highest BCUT2D eigenvalue weighted by molar-refractivity contribution is 5.97. The second-order valence-electron chi connectivity index (χ2n) is 6.95. The number of aromatic nitrogens is 1. The maximum atomic E-state index is 13.6. The van der Waals surface area contributed by atoms with E-state index in [1.54, 1.807) is 24.3 Å². The van der Waals surface area contributed by atoms with Gasteiger partial charge in [0.25, 0.3) is 0 Å². The fraction of sp³-hybridized carbons (Fsp3) is 0.273. The number of fused-ring (bicyclic) bond motifs is 5. The Kier molecular flexibility index (Phi) is 2.05. The Labute approximate surface area is 178 Å². The van der Waals surface area contributed by atoms with Crippen LogP contribution in [0.5, 0.6) is 11.5 Å². The third-order valence-corrected chi connectivity index (χ3v) is 5.31. The van der Waals surface area contributed by atoms with Crippen LogP contribution in [0.1, 0.15) is 33.8 Å². The van der Waals surface area contributed by atoms with E-state index in [-0.39, 0.29) is 28.3 Å². The predicted molar refractivity (Wildman–Crippen MR) is 105 cm³/mol. The van der Waals surface area contributed by atoms with E-state index in [0.717, 1.165) is 4.90 Å². The molecule has 0 spiro atoms. The number of nitrogens with zero attached hydrogens (tertiary/aromatic N) is 2. The van der Waals surface area contributed by atoms with E-state index in [9.17, 15) is 11.0 Å². The lowest BCUT2D eigenvalue weighted by atomic mass is 9.86. The van der Waals surface area contributed by atoms with Crippen LogP contribution in [0, 0.1) is 0 Å². The number of carbonyl (C=O) groups excluding carboxylic acids is 2. The third-order valence-electron chi connectivity index (χ3n) is 5.31. The molecule has 7 heteroatoms. The SMILES string of the molecule is [2H]C1([2H])Oc2ccc([C@]3([2H])c4[nH]c5ccccc5c4C([2H])([2H])[C@@H]4C(=O)N(C([2H])([2H])[2H])CC(=O)N43)cc2O1. The highest BCUT2D eigenvalue weighted by atomic mass is 16.7. The van der Waals surface area contributed by atoms with E-state index < -0.39 is 50.5 Å². The Hall–Kier alpha value is -3.48. The van der Waals surface area contributed by atoms with Crippen molar-refractivity contribution in [2.75, 3.05) is 20.3 Å². The maximum Gasteiger partial charge on any atom is 0.245 e. The molecular weight excluding hydrogens is 370 g/mol. The van der Waals surface area contributed by atoms with E-state index in [1.807, 2.05) is 0 Å². The van der Waals surface area contributed by atoms with Crippen LogP contribution in [0.15, 0.2) is 42.5 Å². The zero-order valence-corrected chi connectivity index (χ0v) is 14.9. The molecule has 1 N–H and O–H groups in total. The summed E-state index contributed by atoms with van der Waals surface area (Å²) in [6.07, 6.45) is -2.57. The molecule has 0 aliphatic carbocycles. The van der Waals surface area contributed by atoms with Gasteiger partial charge in [0.05, 0.1) is 13.9 Å². The predicted octanol–water partition coefficient (Wildman–Crippen LogP) is 2.21. The van der Waals surface area contributed by atoms with Crippen molar-refractivity contribution in [1.82, 2.24) is 14.8 Å². The number of carbonyl (C=O) groups is 2. The summed E-state index contributed by atoms with van der Waals surface area (Å²) in [5.74, 6) is -2.06. The molecule has 3 aliphatic heterocycles. The Morgan fingerprint density at radius 2 is 2.07 bits per heavy atom. The molecule has 6 rings (SSSR count). The van der Waals surface area contributed by atoms with Gasteiger partial charge in [0.1, 0.15) is 8.78 Å². The Morgan fingerprint density at radius 3 is 2.97 bits per heavy atom. The molecule has 0 unspecified atom stereocenters. The molecule has 1 saturated heterocycles. The number of aromatic amines is 1. The molecule has 0 radical (unpaired) electrons. The normalized spacial score (nSPS) is 33.3. The van der Waals surface area contributed by atoms with Gasteiger partial charge in [-0.05, 0) is 29.3 Å². The lowest BCUT2D eigenvalue weighted by molar-refractivity contribution is -0.157. The zero-order valence-electron chi connectivity index (χ0n) is 22.9. The Bertz CT molecular complexity index is 1500. The van der Waals surface area contributed by atoms with E-state index in [4.69, 9.17) is 19.1 Å². The van der Waals surface area contributed by atoms with Gasteiger partial charge in [0.2, 0.25) is 18.6 Å². The van der Waals surface area contributed by atoms with Gasteiger partial charge >= 0.3 is 0 Å². The molecule has 2 amide bonds. The van der Waals surface area contributed by atoms with Crippen molar-refractivity contribution in [2.24, 2.45) is 0 Å². The minimum Gasteiger partial charge on any atom is -0.454 e. The monoisotopic (exact) mass is 397 g/mol. The summed E-state index contributed by atoms with van der Waals surface area (Å²) in [6, 6.07) is 6.51. The van der Waals surface area contributed by atoms with Crippen molar-refractivity contribution in [1.29, 1.82) is 0 Å². The van der Waals surface area contributed by atoms with Gasteiger partial charge in [0, 0.05) is 36.8 Å². The number of nitrogens with one attached hydrogen (secondary N) is 1. The molecule has 146 valence electrons. The number of likely N-dealkylation sites (N-methyl/N-ethyl adjacent to an activating group) is 1. The second-order valence-corrected chi connectivity index (χ2v) is 6.95. The first-order chi connectivity index (χ1) is 17.2. The molecule has 2 aromatic carbocycles. The summed E-state index contributed by atoms with van der Waals surface area (Å²) in [7, 11) is 0. The highest BCUT2D eigenvalue weighted by Crippen LogP contribution is 2.44. The first-order valence-electron chi connectivity index (χ1n) is 12.9. The fourth-order valence-electron chi connectivity index (χ4n) is 4.01. The van der Waals surface area contributed by atoms with Gasteiger partial charge < -0.3 is 24.3 Å². The third kappa shape index (κ3) is 2.24. The second kappa shape index (κ2) is 5.76. The van der Waals surface area contributed by atoms with Crippen LogP contribution < -0.4 is 9.47 Å². The molecular formula is C22H19N3O4. The number of ether oxygens (including phenoxy) is 2. The molecule has 0 saturated carbocycles. The molecule has 0 bridgehead atoms. The van der Waals surface area contributed by atoms with Crippen LogP contribution in [0.2, 0.25) is 0 Å². The van der Waals surface area contributed by atoms with Gasteiger partial charge in [-0.25, -0.2) is 0 Å². The van der Waals surface area contributed by atoms with Crippen LogP contribution in [0.25, 0.3) is 10.9 Å². The van der Waals surface area contributed by atoms with Gasteiger partial charge in [-0.3, -0.25) is 9.59 Å². The highest BCUT2D eigenvalue weighted by Gasteiger charge is 2.47. The van der Waals surface area contributed by atoms with Crippen molar-refractivity contribution in [2.45, 2.75) is 18.4 Å². The lowest BCUT2D eigenvalue weighted by Gasteiger charge is -2.46. The number of hydrogen-bond acceptors (Lipinski definition) is 4. The molecule has 2 atom stereocenters. The van der Waals surface area contributed by atoms with E-state index in [2.05, 4.69) is 4.98 Å². The first-order valence-corrected chi connectivity index (χ1v) is 8.94. The minimum absolute atomic E-state index is 0.0136. The Balaban J connectivity index is 1.65. The van der Waals surface area contributed by atoms with Crippen molar-refractivity contribution in [3.8, 4) is 11.5 Å². The largest absolute Gasteiger partial charge is 0.454 e. The quantitative estimate of drug-likeness (QED) is 0.683. The summed E-state index contributed by atoms with van der Waals surface area (Å²) in [5.41, 5.74) is 0.461. The van der Waals surface area contributed by atoms with Gasteiger partial charge in [-0.15, -0.1) is 0 Å². The smallest absolute Gasteiger partial charge is 0.245 e. The molecule has 3 aliphatic rings. The Morgan fingerprint density at radius 1 is 1.21 bits per heavy atom. The molecule has 7 nitrogen and oxygen atoms in total. The lowest BCUT2D eigenvalue weighted by Crippen LogP contribution is -2.62. The van der Waals surface area contributed by atoms with Gasteiger partial charge in [-0.2, -0.15) is 0 Å². The van der Waals surface area contributed by atoms with E-state index >= 15 is 0 Å². The molecule has 29 heavy (non-hydrogen) atoms.